The van der Waals surface area contributed by atoms with Crippen LogP contribution in [-0.2, 0) is 9.09 Å². The SMILES string of the molecule is CCCCC(CCC)OP(C)(=O)F. The predicted molar refractivity (Wildman–Crippen MR) is 53.9 cm³/mol. The second kappa shape index (κ2) is 6.56. The van der Waals surface area contributed by atoms with Crippen molar-refractivity contribution in [3.63, 3.8) is 0 Å². The first-order chi connectivity index (χ1) is 5.99. The Bertz CT molecular complexity index is 167. The van der Waals surface area contributed by atoms with Crippen molar-refractivity contribution in [2.24, 2.45) is 0 Å². The number of unbranched alkanes of at least 4 members (excludes halogenated alkanes) is 1. The lowest BCUT2D eigenvalue weighted by atomic mass is 10.1. The first kappa shape index (κ1) is 13.1. The molecule has 0 rings (SSSR count). The molecular formula is C9H20FO2P. The van der Waals surface area contributed by atoms with Crippen LogP contribution in [0.1, 0.15) is 46.0 Å². The summed E-state index contributed by atoms with van der Waals surface area (Å²) < 4.78 is 28.4. The minimum absolute atomic E-state index is 0.161. The van der Waals surface area contributed by atoms with Gasteiger partial charge in [-0.1, -0.05) is 33.1 Å². The molecule has 0 bridgehead atoms. The molecule has 2 atom stereocenters. The van der Waals surface area contributed by atoms with Crippen LogP contribution in [-0.4, -0.2) is 12.8 Å². The summed E-state index contributed by atoms with van der Waals surface area (Å²) in [5.41, 5.74) is 0. The van der Waals surface area contributed by atoms with Crippen molar-refractivity contribution < 1.29 is 13.3 Å². The van der Waals surface area contributed by atoms with E-state index in [1.807, 2.05) is 6.92 Å². The van der Waals surface area contributed by atoms with Crippen molar-refractivity contribution in [3.05, 3.63) is 0 Å². The van der Waals surface area contributed by atoms with Crippen molar-refractivity contribution >= 4 is 7.68 Å². The van der Waals surface area contributed by atoms with Crippen LogP contribution in [0.3, 0.4) is 0 Å². The molecule has 0 aromatic rings. The highest BCUT2D eigenvalue weighted by Gasteiger charge is 2.19. The molecule has 0 saturated heterocycles. The first-order valence-corrected chi connectivity index (χ1v) is 6.91. The maximum Gasteiger partial charge on any atom is 0.364 e. The number of rotatable bonds is 7. The molecule has 2 unspecified atom stereocenters. The fourth-order valence-electron chi connectivity index (χ4n) is 1.27. The van der Waals surface area contributed by atoms with Gasteiger partial charge in [0.05, 0.1) is 6.10 Å². The van der Waals surface area contributed by atoms with Gasteiger partial charge < -0.3 is 4.52 Å². The van der Waals surface area contributed by atoms with Gasteiger partial charge in [0.1, 0.15) is 0 Å². The maximum absolute atomic E-state index is 12.7. The molecule has 0 N–H and O–H groups in total. The largest absolute Gasteiger partial charge is 0.364 e. The van der Waals surface area contributed by atoms with Gasteiger partial charge in [-0.25, -0.2) is 0 Å². The van der Waals surface area contributed by atoms with Gasteiger partial charge in [-0.3, -0.25) is 4.57 Å². The molecule has 0 spiro atoms. The van der Waals surface area contributed by atoms with Crippen LogP contribution in [0, 0.1) is 0 Å². The van der Waals surface area contributed by atoms with E-state index in [0.29, 0.717) is 0 Å². The summed E-state index contributed by atoms with van der Waals surface area (Å²) in [5, 5.41) is 0. The van der Waals surface area contributed by atoms with Crippen LogP contribution in [0.5, 0.6) is 0 Å². The fraction of sp³-hybridized carbons (Fsp3) is 1.00. The molecule has 0 fully saturated rings. The van der Waals surface area contributed by atoms with E-state index < -0.39 is 7.68 Å². The summed E-state index contributed by atoms with van der Waals surface area (Å²) in [6.07, 6.45) is 4.45. The molecule has 0 aliphatic heterocycles. The lowest BCUT2D eigenvalue weighted by Crippen LogP contribution is -2.09. The summed E-state index contributed by atoms with van der Waals surface area (Å²) in [5.74, 6) is 0. The Kier molecular flexibility index (Phi) is 6.62. The molecule has 80 valence electrons. The van der Waals surface area contributed by atoms with Gasteiger partial charge in [0.25, 0.3) is 0 Å². The Hall–Kier alpha value is 0.120. The molecule has 0 amide bonds. The van der Waals surface area contributed by atoms with Crippen LogP contribution in [0.25, 0.3) is 0 Å². The van der Waals surface area contributed by atoms with E-state index in [1.54, 1.807) is 0 Å². The molecule has 0 saturated carbocycles. The fourth-order valence-corrected chi connectivity index (χ4v) is 2.01. The first-order valence-electron chi connectivity index (χ1n) is 4.95. The highest BCUT2D eigenvalue weighted by atomic mass is 31.2. The average Bonchev–Trinajstić information content (AvgIpc) is 1.98. The summed E-state index contributed by atoms with van der Waals surface area (Å²) in [7, 11) is -3.79. The van der Waals surface area contributed by atoms with E-state index >= 15 is 0 Å². The summed E-state index contributed by atoms with van der Waals surface area (Å²) in [6, 6.07) is 0. The zero-order valence-corrected chi connectivity index (χ0v) is 9.65. The van der Waals surface area contributed by atoms with Gasteiger partial charge in [0.2, 0.25) is 0 Å². The molecule has 0 aliphatic rings. The maximum atomic E-state index is 12.7. The number of hydrogen-bond donors (Lipinski definition) is 0. The van der Waals surface area contributed by atoms with Crippen molar-refractivity contribution in [1.29, 1.82) is 0 Å². The average molecular weight is 210 g/mol. The van der Waals surface area contributed by atoms with E-state index in [0.717, 1.165) is 38.8 Å². The lowest BCUT2D eigenvalue weighted by molar-refractivity contribution is 0.168. The second-order valence-electron chi connectivity index (χ2n) is 3.41. The Morgan fingerprint density at radius 3 is 2.31 bits per heavy atom. The Morgan fingerprint density at radius 2 is 1.92 bits per heavy atom. The van der Waals surface area contributed by atoms with E-state index in [-0.39, 0.29) is 6.10 Å². The Morgan fingerprint density at radius 1 is 1.31 bits per heavy atom. The Balaban J connectivity index is 3.86. The highest BCUT2D eigenvalue weighted by molar-refractivity contribution is 7.52. The number of hydrogen-bond acceptors (Lipinski definition) is 2. The van der Waals surface area contributed by atoms with E-state index in [9.17, 15) is 8.76 Å². The van der Waals surface area contributed by atoms with Gasteiger partial charge in [-0.15, -0.1) is 0 Å². The molecule has 0 aromatic heterocycles. The molecule has 0 aliphatic carbocycles. The minimum Gasteiger partial charge on any atom is -0.302 e. The zero-order chi connectivity index (χ0) is 10.3. The van der Waals surface area contributed by atoms with Gasteiger partial charge >= 0.3 is 7.68 Å². The lowest BCUT2D eigenvalue weighted by Gasteiger charge is -2.17. The van der Waals surface area contributed by atoms with Gasteiger partial charge in [-0.05, 0) is 12.8 Å². The predicted octanol–water partition coefficient (Wildman–Crippen LogP) is 4.15. The third-order valence-corrected chi connectivity index (χ3v) is 2.50. The van der Waals surface area contributed by atoms with Crippen molar-refractivity contribution in [2.45, 2.75) is 52.1 Å². The third-order valence-electron chi connectivity index (χ3n) is 1.83. The van der Waals surface area contributed by atoms with E-state index in [4.69, 9.17) is 4.52 Å². The highest BCUT2D eigenvalue weighted by Crippen LogP contribution is 2.46. The molecule has 4 heteroatoms. The van der Waals surface area contributed by atoms with Crippen LogP contribution in [0.2, 0.25) is 0 Å². The van der Waals surface area contributed by atoms with Crippen molar-refractivity contribution in [1.82, 2.24) is 0 Å². The van der Waals surface area contributed by atoms with Crippen LogP contribution in [0.15, 0.2) is 0 Å². The topological polar surface area (TPSA) is 26.3 Å². The minimum atomic E-state index is -3.79. The summed E-state index contributed by atoms with van der Waals surface area (Å²) in [4.78, 5) is 0. The van der Waals surface area contributed by atoms with E-state index in [1.165, 1.54) is 0 Å². The molecular weight excluding hydrogens is 190 g/mol. The standard InChI is InChI=1S/C9H20FO2P/c1-4-6-8-9(7-5-2)12-13(3,10)11/h9H,4-8H2,1-3H3. The Labute approximate surface area is 80.4 Å². The monoisotopic (exact) mass is 210 g/mol. The van der Waals surface area contributed by atoms with Gasteiger partial charge in [0.15, 0.2) is 0 Å². The van der Waals surface area contributed by atoms with Crippen molar-refractivity contribution in [3.8, 4) is 0 Å². The number of halogens is 1. The van der Waals surface area contributed by atoms with E-state index in [2.05, 4.69) is 6.92 Å². The van der Waals surface area contributed by atoms with Crippen LogP contribution >= 0.6 is 7.68 Å². The molecule has 13 heavy (non-hydrogen) atoms. The smallest absolute Gasteiger partial charge is 0.302 e. The van der Waals surface area contributed by atoms with Gasteiger partial charge in [-0.2, -0.15) is 4.20 Å². The van der Waals surface area contributed by atoms with Crippen LogP contribution < -0.4 is 0 Å². The molecule has 0 aromatic carbocycles. The summed E-state index contributed by atoms with van der Waals surface area (Å²) in [6.45, 7) is 5.12. The molecule has 2 nitrogen and oxygen atoms in total. The zero-order valence-electron chi connectivity index (χ0n) is 8.75. The normalized spacial score (nSPS) is 18.2. The van der Waals surface area contributed by atoms with Crippen LogP contribution in [0.4, 0.5) is 4.20 Å². The second-order valence-corrected chi connectivity index (χ2v) is 5.11. The van der Waals surface area contributed by atoms with Crippen molar-refractivity contribution in [2.75, 3.05) is 6.66 Å². The quantitative estimate of drug-likeness (QED) is 0.590. The molecule has 0 heterocycles. The van der Waals surface area contributed by atoms with Gasteiger partial charge in [0, 0.05) is 6.66 Å². The summed E-state index contributed by atoms with van der Waals surface area (Å²) >= 11 is 0. The third kappa shape index (κ3) is 8.45. The molecule has 0 radical (unpaired) electrons.